The molecule has 10 heteroatoms. The summed E-state index contributed by atoms with van der Waals surface area (Å²) >= 11 is 5.68. The Labute approximate surface area is 108 Å². The van der Waals surface area contributed by atoms with Gasteiger partial charge < -0.3 is 21.7 Å². The molecule has 0 saturated heterocycles. The van der Waals surface area contributed by atoms with Gasteiger partial charge in [0.25, 0.3) is 0 Å². The Morgan fingerprint density at radius 3 is 2.22 bits per heavy atom. The average molecular weight is 274 g/mol. The molecule has 0 spiro atoms. The van der Waals surface area contributed by atoms with Gasteiger partial charge in [-0.15, -0.1) is 0 Å². The number of amides is 2. The minimum absolute atomic E-state index is 0.0388. The van der Waals surface area contributed by atoms with Gasteiger partial charge in [-0.2, -0.15) is 15.0 Å². The molecule has 18 heavy (non-hydrogen) atoms. The van der Waals surface area contributed by atoms with Crippen LogP contribution in [0.3, 0.4) is 0 Å². The Balaban J connectivity index is 3.06. The summed E-state index contributed by atoms with van der Waals surface area (Å²) in [6.45, 7) is -0.515. The van der Waals surface area contributed by atoms with E-state index in [1.54, 1.807) is 7.05 Å². The maximum Gasteiger partial charge on any atom is 0.237 e. The van der Waals surface area contributed by atoms with E-state index >= 15 is 0 Å². The highest BCUT2D eigenvalue weighted by molar-refractivity contribution is 6.28. The summed E-state index contributed by atoms with van der Waals surface area (Å²) in [7, 11) is 1.59. The first-order chi connectivity index (χ1) is 8.42. The van der Waals surface area contributed by atoms with Crippen molar-refractivity contribution in [3.8, 4) is 0 Å². The molecule has 0 aliphatic carbocycles. The number of carbonyl (C=O) groups excluding carboxylic acids is 2. The third kappa shape index (κ3) is 4.01. The second-order valence-corrected chi connectivity index (χ2v) is 3.60. The minimum Gasteiger partial charge on any atom is -0.368 e. The van der Waals surface area contributed by atoms with Gasteiger partial charge in [-0.1, -0.05) is 0 Å². The lowest BCUT2D eigenvalue weighted by molar-refractivity contribution is -0.117. The van der Waals surface area contributed by atoms with E-state index in [2.05, 4.69) is 20.3 Å². The summed E-state index contributed by atoms with van der Waals surface area (Å²) < 4.78 is 0. The fourth-order valence-electron chi connectivity index (χ4n) is 1.17. The van der Waals surface area contributed by atoms with Gasteiger partial charge in [0.05, 0.1) is 0 Å². The molecule has 0 aliphatic rings. The Kier molecular flexibility index (Phi) is 4.60. The second-order valence-electron chi connectivity index (χ2n) is 3.27. The number of aromatic nitrogens is 3. The van der Waals surface area contributed by atoms with Crippen LogP contribution in [0.1, 0.15) is 0 Å². The Hall–Kier alpha value is -2.16. The standard InChI is InChI=1S/C8H12ClN7O2/c1-12-7-13-6(9)14-8(15-7)16(2-4(10)17)3-5(11)18/h2-3H2,1H3,(H2,10,17)(H2,11,18)(H,12,13,14,15). The number of hydrogen-bond acceptors (Lipinski definition) is 7. The molecule has 0 atom stereocenters. The first kappa shape index (κ1) is 13.9. The largest absolute Gasteiger partial charge is 0.368 e. The number of rotatable bonds is 6. The summed E-state index contributed by atoms with van der Waals surface area (Å²) in [6, 6.07) is 0. The lowest BCUT2D eigenvalue weighted by atomic mass is 10.4. The van der Waals surface area contributed by atoms with E-state index in [0.29, 0.717) is 0 Å². The molecular formula is C8H12ClN7O2. The van der Waals surface area contributed by atoms with Crippen molar-refractivity contribution >= 4 is 35.3 Å². The summed E-state index contributed by atoms with van der Waals surface area (Å²) in [4.78, 5) is 34.6. The van der Waals surface area contributed by atoms with Crippen molar-refractivity contribution in [2.75, 3.05) is 30.4 Å². The van der Waals surface area contributed by atoms with Crippen LogP contribution in [0.5, 0.6) is 0 Å². The van der Waals surface area contributed by atoms with E-state index in [0.717, 1.165) is 0 Å². The average Bonchev–Trinajstić information content (AvgIpc) is 2.26. The highest BCUT2D eigenvalue weighted by Gasteiger charge is 2.16. The fourth-order valence-corrected chi connectivity index (χ4v) is 1.32. The summed E-state index contributed by atoms with van der Waals surface area (Å²) in [5.41, 5.74) is 10.1. The fraction of sp³-hybridized carbons (Fsp3) is 0.375. The molecule has 0 fully saturated rings. The molecule has 98 valence electrons. The molecule has 0 aromatic carbocycles. The number of nitrogens with one attached hydrogen (secondary N) is 1. The highest BCUT2D eigenvalue weighted by Crippen LogP contribution is 2.12. The third-order valence-corrected chi connectivity index (χ3v) is 1.97. The van der Waals surface area contributed by atoms with E-state index in [1.165, 1.54) is 4.90 Å². The molecule has 1 rings (SSSR count). The van der Waals surface area contributed by atoms with Crippen LogP contribution in [0.4, 0.5) is 11.9 Å². The van der Waals surface area contributed by atoms with Gasteiger partial charge in [-0.3, -0.25) is 9.59 Å². The van der Waals surface area contributed by atoms with E-state index < -0.39 is 11.8 Å². The molecule has 0 unspecified atom stereocenters. The number of nitrogens with zero attached hydrogens (tertiary/aromatic N) is 4. The van der Waals surface area contributed by atoms with E-state index in [4.69, 9.17) is 23.1 Å². The van der Waals surface area contributed by atoms with Crippen molar-refractivity contribution in [1.29, 1.82) is 0 Å². The van der Waals surface area contributed by atoms with Crippen LogP contribution in [0.25, 0.3) is 0 Å². The van der Waals surface area contributed by atoms with E-state index in [1.807, 2.05) is 0 Å². The first-order valence-corrected chi connectivity index (χ1v) is 5.21. The lowest BCUT2D eigenvalue weighted by Crippen LogP contribution is -2.40. The van der Waals surface area contributed by atoms with Gasteiger partial charge in [-0.25, -0.2) is 0 Å². The Bertz CT molecular complexity index is 451. The van der Waals surface area contributed by atoms with Gasteiger partial charge in [0, 0.05) is 7.05 Å². The van der Waals surface area contributed by atoms with Crippen molar-refractivity contribution in [3.63, 3.8) is 0 Å². The first-order valence-electron chi connectivity index (χ1n) is 4.83. The van der Waals surface area contributed by atoms with Gasteiger partial charge in [-0.05, 0) is 11.6 Å². The topological polar surface area (TPSA) is 140 Å². The predicted molar refractivity (Wildman–Crippen MR) is 65.0 cm³/mol. The second kappa shape index (κ2) is 5.96. The number of nitrogens with two attached hydrogens (primary N) is 2. The summed E-state index contributed by atoms with van der Waals surface area (Å²) in [5, 5.41) is 2.58. The third-order valence-electron chi connectivity index (χ3n) is 1.80. The van der Waals surface area contributed by atoms with Crippen LogP contribution in [0.15, 0.2) is 0 Å². The zero-order valence-electron chi connectivity index (χ0n) is 9.55. The van der Waals surface area contributed by atoms with E-state index in [-0.39, 0.29) is 30.3 Å². The van der Waals surface area contributed by atoms with Crippen LogP contribution >= 0.6 is 11.6 Å². The molecule has 1 aromatic rings. The number of anilines is 2. The number of primary amides is 2. The molecule has 0 bridgehead atoms. The molecule has 0 aliphatic heterocycles. The number of halogens is 1. The molecule has 9 nitrogen and oxygen atoms in total. The molecule has 1 aromatic heterocycles. The van der Waals surface area contributed by atoms with Crippen molar-refractivity contribution < 1.29 is 9.59 Å². The Morgan fingerprint density at radius 2 is 1.78 bits per heavy atom. The van der Waals surface area contributed by atoms with Crippen molar-refractivity contribution in [2.45, 2.75) is 0 Å². The van der Waals surface area contributed by atoms with Crippen molar-refractivity contribution in [2.24, 2.45) is 11.5 Å². The number of carbonyl (C=O) groups is 2. The molecular weight excluding hydrogens is 262 g/mol. The molecule has 2 amide bonds. The summed E-state index contributed by atoms with van der Waals surface area (Å²) in [5.74, 6) is -1.07. The maximum absolute atomic E-state index is 10.9. The minimum atomic E-state index is -0.654. The van der Waals surface area contributed by atoms with Crippen LogP contribution in [0.2, 0.25) is 5.28 Å². The van der Waals surface area contributed by atoms with Crippen LogP contribution in [-0.2, 0) is 9.59 Å². The predicted octanol–water partition coefficient (Wildman–Crippen LogP) is -1.66. The molecule has 0 radical (unpaired) electrons. The highest BCUT2D eigenvalue weighted by atomic mass is 35.5. The number of hydrogen-bond donors (Lipinski definition) is 3. The van der Waals surface area contributed by atoms with Gasteiger partial charge in [0.15, 0.2) is 0 Å². The smallest absolute Gasteiger partial charge is 0.237 e. The van der Waals surface area contributed by atoms with E-state index in [9.17, 15) is 9.59 Å². The lowest BCUT2D eigenvalue weighted by Gasteiger charge is -2.19. The zero-order valence-corrected chi connectivity index (χ0v) is 10.3. The van der Waals surface area contributed by atoms with Crippen LogP contribution < -0.4 is 21.7 Å². The van der Waals surface area contributed by atoms with Crippen LogP contribution in [-0.4, -0.2) is 46.9 Å². The normalized spacial score (nSPS) is 9.89. The quantitative estimate of drug-likeness (QED) is 0.563. The van der Waals surface area contributed by atoms with Crippen LogP contribution in [0, 0.1) is 0 Å². The monoisotopic (exact) mass is 273 g/mol. The van der Waals surface area contributed by atoms with Gasteiger partial charge in [0.1, 0.15) is 13.1 Å². The van der Waals surface area contributed by atoms with Crippen molar-refractivity contribution in [3.05, 3.63) is 5.28 Å². The molecule has 0 saturated carbocycles. The summed E-state index contributed by atoms with van der Waals surface area (Å²) in [6.07, 6.45) is 0. The molecule has 1 heterocycles. The Morgan fingerprint density at radius 1 is 1.22 bits per heavy atom. The van der Waals surface area contributed by atoms with Gasteiger partial charge in [0.2, 0.25) is 29.0 Å². The van der Waals surface area contributed by atoms with Gasteiger partial charge >= 0.3 is 0 Å². The SMILES string of the molecule is CNc1nc(Cl)nc(N(CC(N)=O)CC(N)=O)n1. The molecule has 5 N–H and O–H groups in total. The zero-order chi connectivity index (χ0) is 13.7. The van der Waals surface area contributed by atoms with Crippen molar-refractivity contribution in [1.82, 2.24) is 15.0 Å². The maximum atomic E-state index is 10.9.